The van der Waals surface area contributed by atoms with Crippen LogP contribution >= 0.6 is 0 Å². The van der Waals surface area contributed by atoms with Crippen LogP contribution in [0.1, 0.15) is 231 Å². The fraction of sp³-hybridized carbons (Fsp3) is 0.477. The molecule has 6 rings (SSSR count). The Bertz CT molecular complexity index is 4760. The molecule has 9 atom stereocenters. The van der Waals surface area contributed by atoms with Crippen LogP contribution in [0.25, 0.3) is 0 Å². The van der Waals surface area contributed by atoms with E-state index in [0.717, 1.165) is 126 Å². The smallest absolute Gasteiger partial charge is 0.306 e. The average Bonchev–Trinajstić information content (AvgIpc) is 0.880. The molecule has 5 aliphatic rings. The summed E-state index contributed by atoms with van der Waals surface area (Å²) in [6.45, 7) is 53.5. The molecule has 1 aromatic carbocycles. The van der Waals surface area contributed by atoms with Gasteiger partial charge in [-0.3, -0.25) is 28.8 Å². The lowest BCUT2D eigenvalue weighted by Gasteiger charge is -2.37. The van der Waals surface area contributed by atoms with Crippen molar-refractivity contribution in [2.75, 3.05) is 33.9 Å². The number of nitrogens with zero attached hydrogens (tertiary/aromatic N) is 1. The van der Waals surface area contributed by atoms with E-state index >= 15 is 0 Å². The molecule has 5 N–H and O–H groups in total. The first-order valence-electron chi connectivity index (χ1n) is 44.6. The summed E-state index contributed by atoms with van der Waals surface area (Å²) in [5.41, 5.74) is 18.4. The lowest BCUT2D eigenvalue weighted by Crippen LogP contribution is -2.48. The van der Waals surface area contributed by atoms with Gasteiger partial charge in [0.05, 0.1) is 19.8 Å². The van der Waals surface area contributed by atoms with Crippen molar-refractivity contribution in [3.8, 4) is 0 Å². The second-order valence-electron chi connectivity index (χ2n) is 38.6. The SMILES string of the molecule is CC1=C(/C=C/C(C)=C/C=C/C(C)=C/C=C/C=C(C)/C=C/C=C(C)/C=C/C2=C(C)C(=O)C(OCC(O)C(O)C(O)C(O)CO)CC2(C)C)C(C)(C)CC(C)C1=O.CC1=C(/C=C/C(C)=C/C=C/C(C)=C/C=C/C=C(C)/C=C/C=C(C)/C=C/C2=C(C)C(=O)C(OCc3ccccc3)CC2(C)C)C(C)(C)CC(C)C1=O.CC1=C(C)C(C)(C)CC(OC(=O)CCCN(C)C)C1=O. The van der Waals surface area contributed by atoms with Gasteiger partial charge in [-0.25, -0.2) is 0 Å². The summed E-state index contributed by atoms with van der Waals surface area (Å²) in [5, 5.41) is 48.7. The molecule has 0 saturated heterocycles. The quantitative estimate of drug-likeness (QED) is 0.0314. The van der Waals surface area contributed by atoms with Gasteiger partial charge in [0.1, 0.15) is 36.6 Å². The lowest BCUT2D eigenvalue weighted by atomic mass is 9.68. The van der Waals surface area contributed by atoms with Crippen LogP contribution in [-0.2, 0) is 49.6 Å². The molecule has 0 bridgehead atoms. The Balaban J connectivity index is 0.000000434. The van der Waals surface area contributed by atoms with E-state index in [9.17, 15) is 49.2 Å². The molecule has 1 aromatic rings. The largest absolute Gasteiger partial charge is 0.454 e. The molecule has 0 saturated carbocycles. The van der Waals surface area contributed by atoms with Gasteiger partial charge < -0.3 is 44.6 Å². The van der Waals surface area contributed by atoms with Crippen LogP contribution in [0.4, 0.5) is 0 Å². The summed E-state index contributed by atoms with van der Waals surface area (Å²) < 4.78 is 17.2. The molecular weight excluding hydrogens is 1570 g/mol. The van der Waals surface area contributed by atoms with Crippen molar-refractivity contribution in [3.05, 3.63) is 306 Å². The predicted octanol–water partition coefficient (Wildman–Crippen LogP) is 22.6. The molecule has 0 aromatic heterocycles. The van der Waals surface area contributed by atoms with Crippen molar-refractivity contribution in [3.63, 3.8) is 0 Å². The molecule has 686 valence electrons. The maximum Gasteiger partial charge on any atom is 0.306 e. The van der Waals surface area contributed by atoms with Crippen molar-refractivity contribution < 1.29 is 68.5 Å². The zero-order chi connectivity index (χ0) is 94.9. The average molecular weight is 1730 g/mol. The third-order valence-corrected chi connectivity index (χ3v) is 24.4. The number of esters is 1. The van der Waals surface area contributed by atoms with E-state index in [0.29, 0.717) is 37.9 Å². The zero-order valence-electron chi connectivity index (χ0n) is 81.4. The molecule has 0 amide bonds. The highest BCUT2D eigenvalue weighted by molar-refractivity contribution is 6.03. The third kappa shape index (κ3) is 35.1. The Morgan fingerprint density at radius 1 is 0.405 bits per heavy atom. The van der Waals surface area contributed by atoms with Crippen molar-refractivity contribution in [1.82, 2.24) is 4.90 Å². The summed E-state index contributed by atoms with van der Waals surface area (Å²) in [6.07, 6.45) is 53.5. The van der Waals surface area contributed by atoms with E-state index in [1.54, 1.807) is 6.92 Å². The van der Waals surface area contributed by atoms with Gasteiger partial charge in [0, 0.05) is 24.7 Å². The van der Waals surface area contributed by atoms with Crippen LogP contribution in [-0.4, -0.2) is 142 Å². The number of carbonyl (C=O) groups is 6. The van der Waals surface area contributed by atoms with Crippen molar-refractivity contribution in [2.45, 2.75) is 274 Å². The molecule has 0 radical (unpaired) electrons. The fourth-order valence-electron chi connectivity index (χ4n) is 16.4. The first-order chi connectivity index (χ1) is 58.8. The van der Waals surface area contributed by atoms with Gasteiger partial charge in [-0.2, -0.15) is 0 Å². The number of carbonyl (C=O) groups excluding carboxylic acids is 6. The van der Waals surface area contributed by atoms with Crippen LogP contribution in [0.15, 0.2) is 301 Å². The molecule has 0 spiro atoms. The van der Waals surface area contributed by atoms with Crippen molar-refractivity contribution >= 4 is 34.9 Å². The first-order valence-corrected chi connectivity index (χ1v) is 44.6. The summed E-state index contributed by atoms with van der Waals surface area (Å²) >= 11 is 0. The van der Waals surface area contributed by atoms with E-state index in [4.69, 9.17) is 19.3 Å². The number of aliphatic hydroxyl groups is 5. The van der Waals surface area contributed by atoms with Gasteiger partial charge in [0.25, 0.3) is 0 Å². The number of rotatable bonds is 35. The number of aliphatic hydroxyl groups excluding tert-OH is 5. The molecule has 15 heteroatoms. The number of ether oxygens (including phenoxy) is 3. The van der Waals surface area contributed by atoms with Crippen LogP contribution in [0, 0.1) is 38.9 Å². The first kappa shape index (κ1) is 109. The van der Waals surface area contributed by atoms with Gasteiger partial charge >= 0.3 is 5.97 Å². The van der Waals surface area contributed by atoms with E-state index in [2.05, 4.69) is 212 Å². The molecular formula is C111H153NO14. The summed E-state index contributed by atoms with van der Waals surface area (Å²) in [7, 11) is 3.94. The van der Waals surface area contributed by atoms with Gasteiger partial charge in [-0.05, 0) is 232 Å². The summed E-state index contributed by atoms with van der Waals surface area (Å²) in [6, 6.07) is 10.0. The maximum absolute atomic E-state index is 13.2. The number of hydrogen-bond donors (Lipinski definition) is 5. The Hall–Kier alpha value is -9.26. The van der Waals surface area contributed by atoms with Gasteiger partial charge in [0.2, 0.25) is 0 Å². The number of benzene rings is 1. The number of ketones is 5. The van der Waals surface area contributed by atoms with E-state index in [-0.39, 0.29) is 68.4 Å². The van der Waals surface area contributed by atoms with Crippen molar-refractivity contribution in [2.24, 2.45) is 38.9 Å². The van der Waals surface area contributed by atoms with Crippen LogP contribution in [0.5, 0.6) is 0 Å². The molecule has 0 fully saturated rings. The lowest BCUT2D eigenvalue weighted by molar-refractivity contribution is -0.156. The minimum atomic E-state index is -1.76. The molecule has 0 aliphatic heterocycles. The summed E-state index contributed by atoms with van der Waals surface area (Å²) in [5.74, 6) is 0.246. The molecule has 9 unspecified atom stereocenters. The third-order valence-electron chi connectivity index (χ3n) is 24.4. The molecule has 0 heterocycles. The molecule has 5 aliphatic carbocycles. The zero-order valence-corrected chi connectivity index (χ0v) is 81.4. The van der Waals surface area contributed by atoms with Crippen molar-refractivity contribution in [1.29, 1.82) is 0 Å². The van der Waals surface area contributed by atoms with E-state index in [1.807, 2.05) is 180 Å². The minimum Gasteiger partial charge on any atom is -0.454 e. The standard InChI is InChI=1S/C48H60O3.C47H66O8.C16H27NO3/c1-34(21-17-23-36(3)27-29-42-39(6)45(49)38(5)31-47(42,8)9)19-15-16-20-35(2)22-18-24-37(4)28-30-43-40(7)46(50)44(32-48(43,10)11)51-33-41-25-13-12-14-26-41;1-30(18-14-20-32(3)22-24-37-35(6)42(51)34(5)26-46(37,8)9)16-12-13-17-31(2)19-15-21-33(4)23-25-38-36(7)43(52)41(27-47(38,10)11)55-29-40(50)45(54)44(53)39(49)28-48;1-11-12(2)16(3,4)10-13(15(11)19)20-14(18)8-7-9-17(5)6/h12-30,38,44H,31-33H2,1-11H3;12-25,34,39-41,44-45,48-50,53-54H,26-29H2,1-11H3;13H,7-10H2,1-6H3/b16-15+,21-17+,22-18+,29-27+,30-28+,34-19+,35-20+,36-23+,37-24+;13-12+,18-14+,19-15+,24-22+,25-23+,30-16+,31-17+,32-20+,33-21+;. The van der Waals surface area contributed by atoms with E-state index < -0.39 is 61.4 Å². The second-order valence-corrected chi connectivity index (χ2v) is 38.6. The normalized spacial score (nSPS) is 23.4. The maximum atomic E-state index is 13.2. The second kappa shape index (κ2) is 51.1. The van der Waals surface area contributed by atoms with Crippen LogP contribution < -0.4 is 0 Å². The number of Topliss-reactive ketones (excluding diaryl/α,β-unsaturated/α-hetero) is 5. The number of hydrogen-bond acceptors (Lipinski definition) is 15. The monoisotopic (exact) mass is 1720 g/mol. The highest BCUT2D eigenvalue weighted by atomic mass is 16.5. The number of allylic oxidation sites excluding steroid dienone is 43. The Labute approximate surface area is 757 Å². The van der Waals surface area contributed by atoms with Crippen LogP contribution in [0.3, 0.4) is 0 Å². The topological polar surface area (TPSA) is 234 Å². The highest BCUT2D eigenvalue weighted by Crippen LogP contribution is 2.46. The van der Waals surface area contributed by atoms with Gasteiger partial charge in [-0.1, -0.05) is 334 Å². The summed E-state index contributed by atoms with van der Waals surface area (Å²) in [4.78, 5) is 77.5. The predicted molar refractivity (Wildman–Crippen MR) is 520 cm³/mol. The van der Waals surface area contributed by atoms with E-state index in [1.165, 1.54) is 0 Å². The Morgan fingerprint density at radius 3 is 1.06 bits per heavy atom. The Kier molecular flexibility index (Phi) is 44.2. The molecule has 15 nitrogen and oxygen atoms in total. The minimum absolute atomic E-state index is 0.00328. The highest BCUT2D eigenvalue weighted by Gasteiger charge is 2.43. The van der Waals surface area contributed by atoms with Crippen LogP contribution in [0.2, 0.25) is 0 Å². The Morgan fingerprint density at radius 2 is 0.706 bits per heavy atom. The van der Waals surface area contributed by atoms with Gasteiger partial charge in [0.15, 0.2) is 35.0 Å². The fourth-order valence-corrected chi connectivity index (χ4v) is 16.4. The van der Waals surface area contributed by atoms with Gasteiger partial charge in [-0.15, -0.1) is 0 Å². The molecule has 126 heavy (non-hydrogen) atoms.